The van der Waals surface area contributed by atoms with Crippen molar-refractivity contribution in [3.63, 3.8) is 0 Å². The van der Waals surface area contributed by atoms with Crippen LogP contribution in [0.15, 0.2) is 0 Å². The van der Waals surface area contributed by atoms with Crippen molar-refractivity contribution >= 4 is 28.9 Å². The van der Waals surface area contributed by atoms with Gasteiger partial charge in [0.25, 0.3) is 5.24 Å². The third kappa shape index (κ3) is 4.11. The fourth-order valence-corrected chi connectivity index (χ4v) is 3.13. The molecule has 20 heavy (non-hydrogen) atoms. The molecule has 2 aliphatic heterocycles. The average Bonchev–Trinajstić information content (AvgIpc) is 2.81. The van der Waals surface area contributed by atoms with Gasteiger partial charge < -0.3 is 19.6 Å². The van der Waals surface area contributed by atoms with Gasteiger partial charge in [0, 0.05) is 38.4 Å². The van der Waals surface area contributed by atoms with Crippen LogP contribution in [0.4, 0.5) is 4.79 Å². The van der Waals surface area contributed by atoms with E-state index in [0.29, 0.717) is 32.8 Å². The number of morpholine rings is 1. The van der Waals surface area contributed by atoms with E-state index < -0.39 is 12.1 Å². The lowest BCUT2D eigenvalue weighted by molar-refractivity contribution is -0.147. The minimum atomic E-state index is -0.927. The van der Waals surface area contributed by atoms with Crippen LogP contribution in [0.5, 0.6) is 0 Å². The third-order valence-corrected chi connectivity index (χ3v) is 4.23. The summed E-state index contributed by atoms with van der Waals surface area (Å²) in [5.41, 5.74) is 0. The average molecular weight is 302 g/mol. The number of carboxylic acid groups (broad SMARTS) is 1. The van der Waals surface area contributed by atoms with E-state index in [4.69, 9.17) is 9.84 Å². The van der Waals surface area contributed by atoms with Crippen molar-refractivity contribution in [1.29, 1.82) is 0 Å². The Morgan fingerprint density at radius 3 is 2.85 bits per heavy atom. The van der Waals surface area contributed by atoms with Crippen LogP contribution in [-0.2, 0) is 14.3 Å². The molecule has 0 spiro atoms. The maximum Gasteiger partial charge on any atom is 0.306 e. The number of carbonyl (C=O) groups excluding carboxylic acids is 2. The van der Waals surface area contributed by atoms with Gasteiger partial charge >= 0.3 is 5.97 Å². The zero-order valence-electron chi connectivity index (χ0n) is 11.1. The fourth-order valence-electron chi connectivity index (χ4n) is 2.28. The van der Waals surface area contributed by atoms with Gasteiger partial charge in [-0.3, -0.25) is 14.4 Å². The molecule has 0 saturated carbocycles. The molecule has 112 valence electrons. The zero-order chi connectivity index (χ0) is 14.5. The first-order chi connectivity index (χ1) is 9.56. The van der Waals surface area contributed by atoms with E-state index in [1.807, 2.05) is 0 Å². The van der Waals surface area contributed by atoms with Gasteiger partial charge in [0.15, 0.2) is 0 Å². The highest BCUT2D eigenvalue weighted by Gasteiger charge is 2.27. The largest absolute Gasteiger partial charge is 0.481 e. The Morgan fingerprint density at radius 2 is 2.20 bits per heavy atom. The molecule has 0 aromatic carbocycles. The van der Waals surface area contributed by atoms with E-state index in [1.165, 1.54) is 11.8 Å². The van der Waals surface area contributed by atoms with Crippen LogP contribution >= 0.6 is 11.8 Å². The quantitative estimate of drug-likeness (QED) is 0.783. The first-order valence-corrected chi connectivity index (χ1v) is 7.57. The van der Waals surface area contributed by atoms with Gasteiger partial charge in [0.1, 0.15) is 0 Å². The van der Waals surface area contributed by atoms with Crippen molar-refractivity contribution in [2.24, 2.45) is 0 Å². The van der Waals surface area contributed by atoms with Gasteiger partial charge in [0.2, 0.25) is 5.91 Å². The molecule has 2 saturated heterocycles. The molecule has 1 N–H and O–H groups in total. The number of rotatable bonds is 5. The number of hydrogen-bond acceptors (Lipinski definition) is 5. The molecular weight excluding hydrogens is 284 g/mol. The maximum atomic E-state index is 12.1. The number of carboxylic acids is 1. The molecule has 1 atom stereocenters. The van der Waals surface area contributed by atoms with E-state index in [2.05, 4.69) is 0 Å². The second-order valence-corrected chi connectivity index (χ2v) is 5.83. The Labute approximate surface area is 121 Å². The van der Waals surface area contributed by atoms with E-state index in [9.17, 15) is 14.4 Å². The summed E-state index contributed by atoms with van der Waals surface area (Å²) in [5.74, 6) is -0.192. The van der Waals surface area contributed by atoms with Gasteiger partial charge in [-0.25, -0.2) is 0 Å². The maximum absolute atomic E-state index is 12.1. The first-order valence-electron chi connectivity index (χ1n) is 6.59. The van der Waals surface area contributed by atoms with Crippen molar-refractivity contribution in [3.8, 4) is 0 Å². The Bertz CT molecular complexity index is 403. The number of aliphatic carboxylic acids is 1. The van der Waals surface area contributed by atoms with Crippen LogP contribution in [0.1, 0.15) is 12.8 Å². The lowest BCUT2D eigenvalue weighted by Gasteiger charge is -2.32. The van der Waals surface area contributed by atoms with Crippen LogP contribution in [0.25, 0.3) is 0 Å². The smallest absolute Gasteiger partial charge is 0.306 e. The molecule has 0 bridgehead atoms. The fraction of sp³-hybridized carbons (Fsp3) is 0.750. The Morgan fingerprint density at radius 1 is 1.40 bits per heavy atom. The van der Waals surface area contributed by atoms with Gasteiger partial charge in [-0.05, 0) is 0 Å². The first kappa shape index (κ1) is 15.1. The lowest BCUT2D eigenvalue weighted by Crippen LogP contribution is -2.47. The predicted octanol–water partition coefficient (Wildman–Crippen LogP) is 0.247. The highest BCUT2D eigenvalue weighted by atomic mass is 32.2. The third-order valence-electron chi connectivity index (χ3n) is 3.33. The van der Waals surface area contributed by atoms with E-state index in [-0.39, 0.29) is 24.0 Å². The zero-order valence-corrected chi connectivity index (χ0v) is 11.9. The molecule has 2 aliphatic rings. The highest BCUT2D eigenvalue weighted by Crippen LogP contribution is 2.17. The molecule has 2 heterocycles. The van der Waals surface area contributed by atoms with Crippen LogP contribution in [0, 0.1) is 0 Å². The van der Waals surface area contributed by atoms with Crippen molar-refractivity contribution < 1.29 is 24.2 Å². The van der Waals surface area contributed by atoms with E-state index in [0.717, 1.165) is 5.75 Å². The number of carbonyl (C=O) groups is 3. The van der Waals surface area contributed by atoms with Crippen molar-refractivity contribution in [3.05, 3.63) is 0 Å². The number of hydrogen-bond donors (Lipinski definition) is 1. The second-order valence-electron chi connectivity index (χ2n) is 4.78. The number of amides is 2. The molecule has 2 rings (SSSR count). The summed E-state index contributed by atoms with van der Waals surface area (Å²) in [4.78, 5) is 37.4. The van der Waals surface area contributed by atoms with Gasteiger partial charge in [-0.15, -0.1) is 0 Å². The molecule has 0 aromatic heterocycles. The summed E-state index contributed by atoms with van der Waals surface area (Å²) in [6, 6.07) is 0. The summed E-state index contributed by atoms with van der Waals surface area (Å²) in [6.07, 6.45) is -0.244. The van der Waals surface area contributed by atoms with Gasteiger partial charge in [-0.1, -0.05) is 11.8 Å². The number of nitrogens with zero attached hydrogens (tertiary/aromatic N) is 2. The molecule has 7 nitrogen and oxygen atoms in total. The molecule has 2 fully saturated rings. The number of thioether (sulfide) groups is 1. The summed E-state index contributed by atoms with van der Waals surface area (Å²) < 4.78 is 5.32. The molecule has 2 amide bonds. The molecule has 0 aliphatic carbocycles. The standard InChI is InChI=1S/C12H18N2O5S/c15-10(1-2-13-4-6-20-12(13)18)14-3-5-19-9(8-14)7-11(16)17/h9H,1-8H2,(H,16,17). The minimum Gasteiger partial charge on any atom is -0.481 e. The van der Waals surface area contributed by atoms with Gasteiger partial charge in [0.05, 0.1) is 19.1 Å². The van der Waals surface area contributed by atoms with Crippen LogP contribution in [0.2, 0.25) is 0 Å². The highest BCUT2D eigenvalue weighted by molar-refractivity contribution is 8.13. The summed E-state index contributed by atoms with van der Waals surface area (Å²) in [6.45, 7) is 2.29. The van der Waals surface area contributed by atoms with Crippen LogP contribution < -0.4 is 0 Å². The van der Waals surface area contributed by atoms with E-state index >= 15 is 0 Å². The number of ether oxygens (including phenoxy) is 1. The SMILES string of the molecule is O=C(O)CC1CN(C(=O)CCN2CCSC2=O)CCO1. The van der Waals surface area contributed by atoms with Gasteiger partial charge in [-0.2, -0.15) is 0 Å². The topological polar surface area (TPSA) is 87.2 Å². The normalized spacial score (nSPS) is 23.2. The Kier molecular flexibility index (Phi) is 5.24. The summed E-state index contributed by atoms with van der Waals surface area (Å²) >= 11 is 1.28. The monoisotopic (exact) mass is 302 g/mol. The molecule has 0 radical (unpaired) electrons. The second kappa shape index (κ2) is 6.94. The molecule has 0 aromatic rings. The lowest BCUT2D eigenvalue weighted by atomic mass is 10.2. The van der Waals surface area contributed by atoms with Crippen LogP contribution in [0.3, 0.4) is 0 Å². The minimum absolute atomic E-state index is 0.0310. The molecular formula is C12H18N2O5S. The Hall–Kier alpha value is -1.28. The van der Waals surface area contributed by atoms with Crippen molar-refractivity contribution in [2.45, 2.75) is 18.9 Å². The molecule has 1 unspecified atom stereocenters. The van der Waals surface area contributed by atoms with Crippen molar-refractivity contribution in [1.82, 2.24) is 9.80 Å². The summed E-state index contributed by atoms with van der Waals surface area (Å²) in [7, 11) is 0. The summed E-state index contributed by atoms with van der Waals surface area (Å²) in [5, 5.41) is 8.77. The predicted molar refractivity (Wildman–Crippen MR) is 72.6 cm³/mol. The Balaban J connectivity index is 1.76. The molecule has 8 heteroatoms. The van der Waals surface area contributed by atoms with Crippen molar-refractivity contribution in [2.75, 3.05) is 38.5 Å². The van der Waals surface area contributed by atoms with E-state index in [1.54, 1.807) is 9.80 Å². The van der Waals surface area contributed by atoms with Crippen LogP contribution in [-0.4, -0.2) is 76.7 Å².